The molecule has 23 heavy (non-hydrogen) atoms. The Morgan fingerprint density at radius 1 is 1.35 bits per heavy atom. The van der Waals surface area contributed by atoms with Crippen LogP contribution in [0.4, 0.5) is 13.2 Å². The van der Waals surface area contributed by atoms with Gasteiger partial charge in [-0.1, -0.05) is 23.7 Å². The van der Waals surface area contributed by atoms with Crippen LogP contribution in [0, 0.1) is 6.92 Å². The van der Waals surface area contributed by atoms with E-state index in [1.165, 1.54) is 18.3 Å². The number of aromatic nitrogens is 1. The Morgan fingerprint density at radius 3 is 2.70 bits per heavy atom. The molecule has 0 fully saturated rings. The van der Waals surface area contributed by atoms with E-state index in [0.717, 1.165) is 17.7 Å². The van der Waals surface area contributed by atoms with Crippen molar-refractivity contribution in [2.24, 2.45) is 4.99 Å². The summed E-state index contributed by atoms with van der Waals surface area (Å²) in [6, 6.07) is 6.23. The first kappa shape index (κ1) is 17.1. The zero-order chi connectivity index (χ0) is 17.0. The van der Waals surface area contributed by atoms with Crippen LogP contribution in [0.2, 0.25) is 5.02 Å². The van der Waals surface area contributed by atoms with E-state index in [1.807, 2.05) is 6.92 Å². The number of aliphatic imine (C=N–C) groups is 1. The molecule has 2 aromatic rings. The zero-order valence-electron chi connectivity index (χ0n) is 12.1. The minimum absolute atomic E-state index is 0.152. The molecule has 0 aliphatic heterocycles. The molecule has 0 saturated carbocycles. The molecule has 0 saturated heterocycles. The number of hydrogen-bond donors (Lipinski definition) is 0. The van der Waals surface area contributed by atoms with Crippen molar-refractivity contribution in [3.05, 3.63) is 63.9 Å². The number of benzene rings is 1. The number of hydrogen-bond acceptors (Lipinski definition) is 2. The van der Waals surface area contributed by atoms with Gasteiger partial charge in [0.1, 0.15) is 0 Å². The van der Waals surface area contributed by atoms with Crippen molar-refractivity contribution in [3.8, 4) is 0 Å². The first-order chi connectivity index (χ1) is 10.8. The Balaban J connectivity index is 2.16. The van der Waals surface area contributed by atoms with Crippen LogP contribution in [-0.2, 0) is 12.6 Å². The van der Waals surface area contributed by atoms with Crippen LogP contribution in [0.3, 0.4) is 0 Å². The predicted octanol–water partition coefficient (Wildman–Crippen LogP) is 4.52. The average molecular weight is 341 g/mol. The molecule has 2 rings (SSSR count). The molecule has 1 aromatic carbocycles. The maximum absolute atomic E-state index is 12.9. The maximum Gasteiger partial charge on any atom is 0.417 e. The fourth-order valence-electron chi connectivity index (χ4n) is 1.91. The molecule has 0 aliphatic rings. The number of alkyl halides is 3. The van der Waals surface area contributed by atoms with Crippen molar-refractivity contribution in [2.75, 3.05) is 0 Å². The van der Waals surface area contributed by atoms with Gasteiger partial charge in [0.25, 0.3) is 5.91 Å². The van der Waals surface area contributed by atoms with Crippen molar-refractivity contribution in [1.82, 2.24) is 4.98 Å². The lowest BCUT2D eigenvalue weighted by molar-refractivity contribution is -0.137. The number of nitrogens with zero attached hydrogens (tertiary/aromatic N) is 2. The highest BCUT2D eigenvalue weighted by Gasteiger charge is 2.34. The molecular formula is C16H12ClF3N2O. The monoisotopic (exact) mass is 340 g/mol. The summed E-state index contributed by atoms with van der Waals surface area (Å²) in [5, 5.41) is 0.416. The highest BCUT2D eigenvalue weighted by atomic mass is 35.5. The summed E-state index contributed by atoms with van der Waals surface area (Å²) in [6.45, 7) is 1.83. The average Bonchev–Trinajstić information content (AvgIpc) is 2.48. The van der Waals surface area contributed by atoms with E-state index < -0.39 is 23.2 Å². The van der Waals surface area contributed by atoms with Gasteiger partial charge in [-0.3, -0.25) is 9.78 Å². The lowest BCUT2D eigenvalue weighted by atomic mass is 10.1. The number of aryl methyl sites for hydroxylation is 1. The number of carbonyl (C=O) groups is 1. The lowest BCUT2D eigenvalue weighted by Crippen LogP contribution is -2.12. The van der Waals surface area contributed by atoms with Crippen LogP contribution in [0.15, 0.2) is 41.5 Å². The predicted molar refractivity (Wildman–Crippen MR) is 82.0 cm³/mol. The van der Waals surface area contributed by atoms with E-state index >= 15 is 0 Å². The third-order valence-corrected chi connectivity index (χ3v) is 3.34. The number of pyridine rings is 1. The van der Waals surface area contributed by atoms with Gasteiger partial charge in [0, 0.05) is 18.8 Å². The molecule has 0 radical (unpaired) electrons. The summed E-state index contributed by atoms with van der Waals surface area (Å²) < 4.78 is 38.6. The molecule has 0 unspecified atom stereocenters. The Labute approximate surface area is 135 Å². The molecule has 0 aliphatic carbocycles. The molecular weight excluding hydrogens is 329 g/mol. The summed E-state index contributed by atoms with van der Waals surface area (Å²) in [6.07, 6.45) is -1.64. The van der Waals surface area contributed by atoms with Crippen molar-refractivity contribution < 1.29 is 18.0 Å². The summed E-state index contributed by atoms with van der Waals surface area (Å²) in [5.74, 6) is -0.957. The second-order valence-corrected chi connectivity index (χ2v) is 5.21. The van der Waals surface area contributed by atoms with Crippen molar-refractivity contribution in [1.29, 1.82) is 0 Å². The fraction of sp³-hybridized carbons (Fsp3) is 0.188. The molecule has 120 valence electrons. The first-order valence-electron chi connectivity index (χ1n) is 6.63. The summed E-state index contributed by atoms with van der Waals surface area (Å²) in [7, 11) is 0. The molecule has 0 bridgehead atoms. The largest absolute Gasteiger partial charge is 0.417 e. The molecule has 0 spiro atoms. The van der Waals surface area contributed by atoms with E-state index in [4.69, 9.17) is 11.6 Å². The zero-order valence-corrected chi connectivity index (χ0v) is 12.8. The van der Waals surface area contributed by atoms with Gasteiger partial charge < -0.3 is 0 Å². The fourth-order valence-corrected chi connectivity index (χ4v) is 2.21. The van der Waals surface area contributed by atoms with E-state index in [1.54, 1.807) is 12.3 Å². The van der Waals surface area contributed by atoms with Gasteiger partial charge in [0.05, 0.1) is 21.8 Å². The van der Waals surface area contributed by atoms with Gasteiger partial charge in [-0.05, 0) is 30.7 Å². The Hall–Kier alpha value is -2.21. The minimum atomic E-state index is -4.61. The Bertz CT molecular complexity index is 757. The van der Waals surface area contributed by atoms with Crippen LogP contribution in [0.1, 0.15) is 27.2 Å². The van der Waals surface area contributed by atoms with Crippen molar-refractivity contribution in [2.45, 2.75) is 19.5 Å². The maximum atomic E-state index is 12.9. The number of halogens is 4. The number of rotatable bonds is 3. The van der Waals surface area contributed by atoms with Crippen LogP contribution in [-0.4, -0.2) is 17.1 Å². The van der Waals surface area contributed by atoms with Crippen molar-refractivity contribution >= 4 is 23.7 Å². The number of amides is 1. The lowest BCUT2D eigenvalue weighted by Gasteiger charge is -2.09. The topological polar surface area (TPSA) is 42.3 Å². The van der Waals surface area contributed by atoms with Gasteiger partial charge in [-0.15, -0.1) is 0 Å². The van der Waals surface area contributed by atoms with Crippen LogP contribution in [0.5, 0.6) is 0 Å². The normalized spacial score (nSPS) is 11.9. The van der Waals surface area contributed by atoms with Crippen LogP contribution < -0.4 is 0 Å². The van der Waals surface area contributed by atoms with Crippen LogP contribution >= 0.6 is 11.6 Å². The highest BCUT2D eigenvalue weighted by Crippen LogP contribution is 2.32. The van der Waals surface area contributed by atoms with E-state index in [-0.39, 0.29) is 6.42 Å². The van der Waals surface area contributed by atoms with Gasteiger partial charge in [0.15, 0.2) is 0 Å². The molecule has 1 aromatic heterocycles. The SMILES string of the molecule is Cc1cnc(CC=NC(=O)c2ccccc2C(F)(F)F)c(Cl)c1. The van der Waals surface area contributed by atoms with Gasteiger partial charge in [0.2, 0.25) is 0 Å². The van der Waals surface area contributed by atoms with Gasteiger partial charge >= 0.3 is 6.18 Å². The van der Waals surface area contributed by atoms with Gasteiger partial charge in [-0.2, -0.15) is 13.2 Å². The second kappa shape index (κ2) is 6.91. The Morgan fingerprint density at radius 2 is 2.04 bits per heavy atom. The molecule has 7 heteroatoms. The van der Waals surface area contributed by atoms with E-state index in [0.29, 0.717) is 10.7 Å². The highest BCUT2D eigenvalue weighted by molar-refractivity contribution is 6.31. The molecule has 0 N–H and O–H groups in total. The summed E-state index contributed by atoms with van der Waals surface area (Å²) >= 11 is 5.99. The van der Waals surface area contributed by atoms with Gasteiger partial charge in [-0.25, -0.2) is 4.99 Å². The van der Waals surface area contributed by atoms with E-state index in [2.05, 4.69) is 9.98 Å². The molecule has 1 heterocycles. The third-order valence-electron chi connectivity index (χ3n) is 3.01. The first-order valence-corrected chi connectivity index (χ1v) is 7.01. The Kier molecular flexibility index (Phi) is 5.15. The standard InChI is InChI=1S/C16H12ClF3N2O/c1-10-8-13(17)14(22-9-10)6-7-21-15(23)11-4-2-3-5-12(11)16(18,19)20/h2-5,7-9H,6H2,1H3. The molecule has 3 nitrogen and oxygen atoms in total. The molecule has 1 amide bonds. The molecule has 0 atom stereocenters. The third kappa shape index (κ3) is 4.39. The number of carbonyl (C=O) groups excluding carboxylic acids is 1. The second-order valence-electron chi connectivity index (χ2n) is 4.81. The summed E-state index contributed by atoms with van der Waals surface area (Å²) in [5.41, 5.74) is -0.114. The minimum Gasteiger partial charge on any atom is -0.267 e. The smallest absolute Gasteiger partial charge is 0.267 e. The van der Waals surface area contributed by atoms with E-state index in [9.17, 15) is 18.0 Å². The summed E-state index contributed by atoms with van der Waals surface area (Å²) in [4.78, 5) is 19.5. The quantitative estimate of drug-likeness (QED) is 0.771. The van der Waals surface area contributed by atoms with Crippen LogP contribution in [0.25, 0.3) is 0 Å². The van der Waals surface area contributed by atoms with Crippen molar-refractivity contribution in [3.63, 3.8) is 0 Å².